The van der Waals surface area contributed by atoms with Crippen molar-refractivity contribution in [3.63, 3.8) is 0 Å². The zero-order chi connectivity index (χ0) is 7.44. The van der Waals surface area contributed by atoms with Crippen molar-refractivity contribution < 1.29 is 19.4 Å². The van der Waals surface area contributed by atoms with Gasteiger partial charge in [-0.25, -0.2) is 9.59 Å². The van der Waals surface area contributed by atoms with Gasteiger partial charge in [0.2, 0.25) is 5.76 Å². The van der Waals surface area contributed by atoms with E-state index in [9.17, 15) is 9.59 Å². The molecule has 0 radical (unpaired) electrons. The van der Waals surface area contributed by atoms with Gasteiger partial charge in [0.1, 0.15) is 0 Å². The standard InChI is InChI=1S/C4H5NO4/c1-2(3(6)7)9-4(5)8/h1H2,(H2,5,8)(H,6,7). The predicted molar refractivity (Wildman–Crippen MR) is 27.4 cm³/mol. The third-order valence-corrected chi connectivity index (χ3v) is 0.462. The van der Waals surface area contributed by atoms with E-state index in [4.69, 9.17) is 5.11 Å². The zero-order valence-electron chi connectivity index (χ0n) is 4.46. The molecule has 0 aliphatic heterocycles. The molecule has 0 fully saturated rings. The first-order valence-corrected chi connectivity index (χ1v) is 1.93. The van der Waals surface area contributed by atoms with E-state index in [2.05, 4.69) is 17.0 Å². The lowest BCUT2D eigenvalue weighted by Gasteiger charge is -1.95. The van der Waals surface area contributed by atoms with E-state index in [-0.39, 0.29) is 0 Å². The van der Waals surface area contributed by atoms with Crippen LogP contribution in [-0.4, -0.2) is 17.2 Å². The van der Waals surface area contributed by atoms with Crippen LogP contribution in [0, 0.1) is 0 Å². The van der Waals surface area contributed by atoms with E-state index in [1.54, 1.807) is 0 Å². The Kier molecular flexibility index (Phi) is 2.25. The summed E-state index contributed by atoms with van der Waals surface area (Å²) in [6, 6.07) is 0. The molecule has 0 aliphatic carbocycles. The minimum Gasteiger partial charge on any atom is -0.475 e. The number of aliphatic carboxylic acids is 1. The third kappa shape index (κ3) is 3.10. The van der Waals surface area contributed by atoms with Crippen LogP contribution in [0.4, 0.5) is 4.79 Å². The van der Waals surface area contributed by atoms with E-state index >= 15 is 0 Å². The number of rotatable bonds is 2. The number of carbonyl (C=O) groups excluding carboxylic acids is 1. The molecule has 0 spiro atoms. The second-order valence-electron chi connectivity index (χ2n) is 1.15. The first kappa shape index (κ1) is 7.48. The molecule has 0 unspecified atom stereocenters. The highest BCUT2D eigenvalue weighted by Crippen LogP contribution is 1.90. The normalized spacial score (nSPS) is 8.00. The molecule has 0 heterocycles. The van der Waals surface area contributed by atoms with Gasteiger partial charge in [-0.1, -0.05) is 0 Å². The number of hydrogen-bond donors (Lipinski definition) is 2. The van der Waals surface area contributed by atoms with Gasteiger partial charge in [-0.15, -0.1) is 0 Å². The van der Waals surface area contributed by atoms with Crippen molar-refractivity contribution in [2.45, 2.75) is 0 Å². The van der Waals surface area contributed by atoms with Gasteiger partial charge >= 0.3 is 12.1 Å². The van der Waals surface area contributed by atoms with E-state index in [0.717, 1.165) is 0 Å². The van der Waals surface area contributed by atoms with Crippen LogP contribution in [0.5, 0.6) is 0 Å². The number of carboxylic acid groups (broad SMARTS) is 1. The lowest BCUT2D eigenvalue weighted by molar-refractivity contribution is -0.135. The molecule has 5 nitrogen and oxygen atoms in total. The summed E-state index contributed by atoms with van der Waals surface area (Å²) < 4.78 is 3.86. The first-order valence-electron chi connectivity index (χ1n) is 1.93. The minimum atomic E-state index is -1.41. The van der Waals surface area contributed by atoms with Gasteiger partial charge in [-0.2, -0.15) is 0 Å². The first-order chi connectivity index (χ1) is 4.04. The Bertz CT molecular complexity index is 162. The van der Waals surface area contributed by atoms with Crippen molar-refractivity contribution in [2.75, 3.05) is 0 Å². The summed E-state index contributed by atoms with van der Waals surface area (Å²) in [4.78, 5) is 19.6. The van der Waals surface area contributed by atoms with E-state index < -0.39 is 17.8 Å². The Balaban J connectivity index is 3.79. The summed E-state index contributed by atoms with van der Waals surface area (Å²) in [5.41, 5.74) is 4.45. The van der Waals surface area contributed by atoms with Gasteiger partial charge in [0, 0.05) is 0 Å². The molecule has 9 heavy (non-hydrogen) atoms. The molecule has 0 aliphatic rings. The van der Waals surface area contributed by atoms with Crippen LogP contribution in [0.25, 0.3) is 0 Å². The Hall–Kier alpha value is -1.52. The number of primary amides is 1. The maximum atomic E-state index is 9.80. The van der Waals surface area contributed by atoms with Gasteiger partial charge < -0.3 is 15.6 Å². The third-order valence-electron chi connectivity index (χ3n) is 0.462. The maximum Gasteiger partial charge on any atom is 0.410 e. The van der Waals surface area contributed by atoms with Crippen LogP contribution in [0.15, 0.2) is 12.3 Å². The summed E-state index contributed by atoms with van der Waals surface area (Å²) >= 11 is 0. The zero-order valence-corrected chi connectivity index (χ0v) is 4.46. The summed E-state index contributed by atoms with van der Waals surface area (Å²) in [7, 11) is 0. The van der Waals surface area contributed by atoms with Crippen molar-refractivity contribution in [1.29, 1.82) is 0 Å². The molecule has 50 valence electrons. The molecule has 3 N–H and O–H groups in total. The Labute approximate surface area is 50.7 Å². The fraction of sp³-hybridized carbons (Fsp3) is 0. The van der Waals surface area contributed by atoms with E-state index in [0.29, 0.717) is 0 Å². The number of nitrogens with two attached hydrogens (primary N) is 1. The fourth-order valence-corrected chi connectivity index (χ4v) is 0.165. The smallest absolute Gasteiger partial charge is 0.410 e. The van der Waals surface area contributed by atoms with Crippen LogP contribution in [-0.2, 0) is 9.53 Å². The Morgan fingerprint density at radius 1 is 1.56 bits per heavy atom. The largest absolute Gasteiger partial charge is 0.475 e. The predicted octanol–water partition coefficient (Wildman–Crippen LogP) is -0.320. The lowest BCUT2D eigenvalue weighted by atomic mass is 10.6. The highest BCUT2D eigenvalue weighted by molar-refractivity contribution is 5.86. The molecule has 0 aromatic carbocycles. The number of ether oxygens (including phenoxy) is 1. The summed E-state index contributed by atoms with van der Waals surface area (Å²) in [5, 5.41) is 8.00. The van der Waals surface area contributed by atoms with Gasteiger partial charge in [0.25, 0.3) is 0 Å². The van der Waals surface area contributed by atoms with Crippen molar-refractivity contribution in [1.82, 2.24) is 0 Å². The van der Waals surface area contributed by atoms with Crippen LogP contribution >= 0.6 is 0 Å². The quantitative estimate of drug-likeness (QED) is 0.397. The molecule has 0 aromatic heterocycles. The fourth-order valence-electron chi connectivity index (χ4n) is 0.165. The van der Waals surface area contributed by atoms with Crippen molar-refractivity contribution in [2.24, 2.45) is 5.73 Å². The molecule has 5 heteroatoms. The topological polar surface area (TPSA) is 89.6 Å². The molecule has 0 bridgehead atoms. The molecule has 0 saturated heterocycles. The number of carbonyl (C=O) groups is 2. The Morgan fingerprint density at radius 2 is 2.00 bits per heavy atom. The molecule has 0 aromatic rings. The van der Waals surface area contributed by atoms with Gasteiger partial charge in [0.15, 0.2) is 0 Å². The van der Waals surface area contributed by atoms with E-state index in [1.165, 1.54) is 0 Å². The molecule has 0 saturated carbocycles. The van der Waals surface area contributed by atoms with Crippen LogP contribution in [0.3, 0.4) is 0 Å². The molecule has 0 rings (SSSR count). The molecular weight excluding hydrogens is 126 g/mol. The summed E-state index contributed by atoms with van der Waals surface area (Å²) in [6.07, 6.45) is -1.18. The molecular formula is C4H5NO4. The second-order valence-corrected chi connectivity index (χ2v) is 1.15. The second kappa shape index (κ2) is 2.71. The SMILES string of the molecule is C=C(OC(N)=O)C(=O)O. The van der Waals surface area contributed by atoms with Gasteiger partial charge in [-0.3, -0.25) is 0 Å². The van der Waals surface area contributed by atoms with Crippen molar-refractivity contribution in [3.8, 4) is 0 Å². The minimum absolute atomic E-state index is 0.678. The number of hydrogen-bond acceptors (Lipinski definition) is 3. The Morgan fingerprint density at radius 3 is 2.11 bits per heavy atom. The highest BCUT2D eigenvalue weighted by Gasteiger charge is 2.06. The monoisotopic (exact) mass is 131 g/mol. The van der Waals surface area contributed by atoms with Gasteiger partial charge in [0.05, 0.1) is 0 Å². The van der Waals surface area contributed by atoms with E-state index in [1.807, 2.05) is 0 Å². The lowest BCUT2D eigenvalue weighted by Crippen LogP contribution is -2.15. The van der Waals surface area contributed by atoms with Crippen LogP contribution < -0.4 is 5.73 Å². The van der Waals surface area contributed by atoms with Crippen LogP contribution in [0.2, 0.25) is 0 Å². The average Bonchev–Trinajstić information content (AvgIpc) is 1.63. The number of carboxylic acids is 1. The van der Waals surface area contributed by atoms with Crippen molar-refractivity contribution in [3.05, 3.63) is 12.3 Å². The van der Waals surface area contributed by atoms with Crippen molar-refractivity contribution >= 4 is 12.1 Å². The average molecular weight is 131 g/mol. The van der Waals surface area contributed by atoms with Gasteiger partial charge in [-0.05, 0) is 6.58 Å². The molecule has 1 amide bonds. The molecule has 0 atom stereocenters. The number of amides is 1. The van der Waals surface area contributed by atoms with Crippen LogP contribution in [0.1, 0.15) is 0 Å². The summed E-state index contributed by atoms with van der Waals surface area (Å²) in [6.45, 7) is 2.87. The highest BCUT2D eigenvalue weighted by atomic mass is 16.6. The maximum absolute atomic E-state index is 9.80. The summed E-state index contributed by atoms with van der Waals surface area (Å²) in [5.74, 6) is -2.09.